The number of piperidine rings is 1. The molecule has 2 aromatic heterocycles. The van der Waals surface area contributed by atoms with Gasteiger partial charge in [-0.3, -0.25) is 15.1 Å². The van der Waals surface area contributed by atoms with Gasteiger partial charge in [0.1, 0.15) is 11.5 Å². The van der Waals surface area contributed by atoms with Crippen LogP contribution in [0.3, 0.4) is 0 Å². The van der Waals surface area contributed by atoms with Gasteiger partial charge in [-0.05, 0) is 76.6 Å². The van der Waals surface area contributed by atoms with E-state index in [2.05, 4.69) is 36.7 Å². The fourth-order valence-electron chi connectivity index (χ4n) is 5.36. The first-order valence-corrected chi connectivity index (χ1v) is 12.9. The molecule has 33 heavy (non-hydrogen) atoms. The molecule has 176 valence electrons. The number of nitrogens with two attached hydrogens (primary N) is 1. The molecule has 3 aromatic rings. The van der Waals surface area contributed by atoms with Crippen LogP contribution in [0.5, 0.6) is 0 Å². The van der Waals surface area contributed by atoms with Gasteiger partial charge in [-0.1, -0.05) is 18.6 Å². The number of nitrogens with one attached hydrogen (secondary N) is 2. The standard InChI is InChI=1S/C26H35N5OS/c1-16-7-4-8-17(2)31(16)18(3)9-5-10-19-11-6-12-21-24(19)30-26(32)22(29-21)15-20-13-14-23(33-20)25(27)28/h6,11-14,16-18H,4-5,7-10,15H2,1-3H3,(H3,27,28)(H,30,32). The van der Waals surface area contributed by atoms with Crippen molar-refractivity contribution in [1.29, 1.82) is 5.41 Å². The van der Waals surface area contributed by atoms with Crippen molar-refractivity contribution in [3.8, 4) is 0 Å². The lowest BCUT2D eigenvalue weighted by atomic mass is 9.93. The summed E-state index contributed by atoms with van der Waals surface area (Å²) in [6.07, 6.45) is 7.55. The maximum Gasteiger partial charge on any atom is 0.270 e. The molecule has 0 bridgehead atoms. The van der Waals surface area contributed by atoms with Gasteiger partial charge in [-0.15, -0.1) is 11.3 Å². The quantitative estimate of drug-likeness (QED) is 0.328. The molecule has 4 rings (SSSR count). The lowest BCUT2D eigenvalue weighted by molar-refractivity contribution is 0.0580. The Labute approximate surface area is 199 Å². The van der Waals surface area contributed by atoms with E-state index in [1.54, 1.807) is 0 Å². The van der Waals surface area contributed by atoms with E-state index >= 15 is 0 Å². The first kappa shape index (κ1) is 23.6. The van der Waals surface area contributed by atoms with Crippen molar-refractivity contribution < 1.29 is 0 Å². The van der Waals surface area contributed by atoms with Gasteiger partial charge in [0.2, 0.25) is 0 Å². The predicted molar refractivity (Wildman–Crippen MR) is 138 cm³/mol. The number of rotatable bonds is 8. The van der Waals surface area contributed by atoms with E-state index in [1.165, 1.54) is 30.6 Å². The highest BCUT2D eigenvalue weighted by atomic mass is 32.1. The zero-order valence-electron chi connectivity index (χ0n) is 19.9. The number of benzene rings is 1. The summed E-state index contributed by atoms with van der Waals surface area (Å²) >= 11 is 1.43. The molecule has 1 aliphatic rings. The fraction of sp³-hybridized carbons (Fsp3) is 0.500. The minimum absolute atomic E-state index is 0.0507. The summed E-state index contributed by atoms with van der Waals surface area (Å²) in [7, 11) is 0. The minimum atomic E-state index is -0.142. The number of likely N-dealkylation sites (tertiary alicyclic amines) is 1. The molecule has 3 unspecified atom stereocenters. The number of thiophene rings is 1. The normalized spacial score (nSPS) is 20.2. The van der Waals surface area contributed by atoms with Crippen LogP contribution in [0.25, 0.3) is 11.0 Å². The average molecular weight is 466 g/mol. The molecule has 4 N–H and O–H groups in total. The van der Waals surface area contributed by atoms with Gasteiger partial charge in [-0.2, -0.15) is 0 Å². The number of hydrogen-bond acceptors (Lipinski definition) is 5. The van der Waals surface area contributed by atoms with Gasteiger partial charge in [-0.25, -0.2) is 4.98 Å². The zero-order chi connectivity index (χ0) is 23.5. The van der Waals surface area contributed by atoms with Crippen molar-refractivity contribution in [3.05, 3.63) is 61.7 Å². The van der Waals surface area contributed by atoms with Crippen LogP contribution in [0, 0.1) is 5.41 Å². The highest BCUT2D eigenvalue weighted by molar-refractivity contribution is 7.14. The number of nitrogens with zero attached hydrogens (tertiary/aromatic N) is 2. The maximum atomic E-state index is 12.8. The Bertz CT molecular complexity index is 1170. The van der Waals surface area contributed by atoms with Crippen LogP contribution in [0.15, 0.2) is 35.1 Å². The number of aryl methyl sites for hydroxylation is 1. The second-order valence-corrected chi connectivity index (χ2v) is 10.7. The monoisotopic (exact) mass is 465 g/mol. The molecule has 1 fully saturated rings. The zero-order valence-corrected chi connectivity index (χ0v) is 20.7. The van der Waals surface area contributed by atoms with Gasteiger partial charge < -0.3 is 10.7 Å². The first-order chi connectivity index (χ1) is 15.8. The molecule has 6 nitrogen and oxygen atoms in total. The molecule has 1 aliphatic heterocycles. The summed E-state index contributed by atoms with van der Waals surface area (Å²) < 4.78 is 0. The van der Waals surface area contributed by atoms with E-state index in [0.29, 0.717) is 35.1 Å². The van der Waals surface area contributed by atoms with Crippen LogP contribution in [-0.4, -0.2) is 38.8 Å². The van der Waals surface area contributed by atoms with Crippen LogP contribution in [0.4, 0.5) is 0 Å². The van der Waals surface area contributed by atoms with E-state index in [9.17, 15) is 4.79 Å². The molecule has 3 atom stereocenters. The van der Waals surface area contributed by atoms with Crippen molar-refractivity contribution in [3.63, 3.8) is 0 Å². The second-order valence-electron chi connectivity index (χ2n) is 9.50. The van der Waals surface area contributed by atoms with Gasteiger partial charge in [0.25, 0.3) is 5.56 Å². The van der Waals surface area contributed by atoms with E-state index < -0.39 is 0 Å². The number of amidine groups is 1. The molecule has 0 amide bonds. The predicted octanol–water partition coefficient (Wildman–Crippen LogP) is 4.83. The number of aromatic amines is 1. The summed E-state index contributed by atoms with van der Waals surface area (Å²) in [6, 6.07) is 11.7. The molecule has 1 saturated heterocycles. The molecule has 0 spiro atoms. The molecule has 0 radical (unpaired) electrons. The summed E-state index contributed by atoms with van der Waals surface area (Å²) in [5.74, 6) is 0.0507. The molecule has 0 saturated carbocycles. The summed E-state index contributed by atoms with van der Waals surface area (Å²) in [5, 5.41) is 7.56. The Morgan fingerprint density at radius 3 is 2.73 bits per heavy atom. The summed E-state index contributed by atoms with van der Waals surface area (Å²) in [5.41, 5.74) is 8.76. The van der Waals surface area contributed by atoms with Crippen molar-refractivity contribution in [2.24, 2.45) is 5.73 Å². The maximum absolute atomic E-state index is 12.8. The fourth-order valence-corrected chi connectivity index (χ4v) is 6.24. The van der Waals surface area contributed by atoms with E-state index in [0.717, 1.165) is 40.7 Å². The Balaban J connectivity index is 1.46. The Morgan fingerprint density at radius 1 is 1.27 bits per heavy atom. The smallest absolute Gasteiger partial charge is 0.270 e. The van der Waals surface area contributed by atoms with Crippen molar-refractivity contribution in [1.82, 2.24) is 14.9 Å². The number of fused-ring (bicyclic) bond motifs is 1. The summed E-state index contributed by atoms with van der Waals surface area (Å²) in [4.78, 5) is 25.0. The highest BCUT2D eigenvalue weighted by Crippen LogP contribution is 2.27. The Hall–Kier alpha value is -2.51. The molecule has 1 aromatic carbocycles. The molecule has 7 heteroatoms. The minimum Gasteiger partial charge on any atom is -0.383 e. The van der Waals surface area contributed by atoms with Crippen LogP contribution < -0.4 is 11.3 Å². The van der Waals surface area contributed by atoms with Crippen molar-refractivity contribution in [2.75, 3.05) is 0 Å². The molecular formula is C26H35N5OS. The Kier molecular flexibility index (Phi) is 7.29. The molecule has 3 heterocycles. The highest BCUT2D eigenvalue weighted by Gasteiger charge is 2.28. The van der Waals surface area contributed by atoms with Crippen molar-refractivity contribution >= 4 is 28.2 Å². The molecule has 0 aliphatic carbocycles. The van der Waals surface area contributed by atoms with E-state index in [-0.39, 0.29) is 11.4 Å². The number of nitrogen functional groups attached to an aromatic ring is 1. The third-order valence-electron chi connectivity index (χ3n) is 6.99. The van der Waals surface area contributed by atoms with Crippen LogP contribution in [0.2, 0.25) is 0 Å². The summed E-state index contributed by atoms with van der Waals surface area (Å²) in [6.45, 7) is 7.09. The van der Waals surface area contributed by atoms with Crippen LogP contribution in [-0.2, 0) is 12.8 Å². The number of para-hydroxylation sites is 1. The lowest BCUT2D eigenvalue weighted by Crippen LogP contribution is -2.48. The van der Waals surface area contributed by atoms with E-state index in [1.807, 2.05) is 24.3 Å². The van der Waals surface area contributed by atoms with Gasteiger partial charge >= 0.3 is 0 Å². The lowest BCUT2D eigenvalue weighted by Gasteiger charge is -2.43. The first-order valence-electron chi connectivity index (χ1n) is 12.0. The number of H-pyrrole nitrogens is 1. The SMILES string of the molecule is CC(CCCc1cccc2nc(Cc3ccc(C(=N)N)s3)c(=O)[nH]c12)N1C(C)CCCC1C. The van der Waals surface area contributed by atoms with E-state index in [4.69, 9.17) is 16.1 Å². The third-order valence-corrected chi connectivity index (χ3v) is 8.11. The third kappa shape index (κ3) is 5.36. The average Bonchev–Trinajstić information content (AvgIpc) is 3.23. The van der Waals surface area contributed by atoms with Crippen molar-refractivity contribution in [2.45, 2.75) is 83.8 Å². The number of aromatic nitrogens is 2. The van der Waals surface area contributed by atoms with Gasteiger partial charge in [0, 0.05) is 29.4 Å². The number of hydrogen-bond donors (Lipinski definition) is 3. The van der Waals surface area contributed by atoms with Gasteiger partial charge in [0.15, 0.2) is 0 Å². The largest absolute Gasteiger partial charge is 0.383 e. The van der Waals surface area contributed by atoms with Gasteiger partial charge in [0.05, 0.1) is 15.9 Å². The molecular weight excluding hydrogens is 430 g/mol. The Morgan fingerprint density at radius 2 is 2.03 bits per heavy atom. The van der Waals surface area contributed by atoms with Crippen LogP contribution in [0.1, 0.15) is 73.9 Å². The second kappa shape index (κ2) is 10.2. The van der Waals surface area contributed by atoms with Crippen LogP contribution >= 0.6 is 11.3 Å². The topological polar surface area (TPSA) is 98.9 Å².